The Morgan fingerprint density at radius 3 is 2.69 bits per heavy atom. The van der Waals surface area contributed by atoms with Gasteiger partial charge >= 0.3 is 0 Å². The third-order valence-corrected chi connectivity index (χ3v) is 7.74. The standard InChI is InChI=1S/C19H24N2O4S/c1-25-16-4-2-3-15(11-16)18(23)20-9-7-19(8-10-20)21(12-14-5-6-14)17(22)13-26(19)24/h2-4,11,14H,5-10,12-13H2,1H3. The largest absolute Gasteiger partial charge is 0.497 e. The van der Waals surface area contributed by atoms with Gasteiger partial charge < -0.3 is 14.5 Å². The zero-order valence-corrected chi connectivity index (χ0v) is 15.8. The van der Waals surface area contributed by atoms with E-state index in [4.69, 9.17) is 4.74 Å². The molecule has 3 aliphatic rings. The van der Waals surface area contributed by atoms with E-state index >= 15 is 0 Å². The van der Waals surface area contributed by atoms with Gasteiger partial charge in [-0.25, -0.2) is 0 Å². The van der Waals surface area contributed by atoms with Gasteiger partial charge in [0.1, 0.15) is 16.4 Å². The lowest BCUT2D eigenvalue weighted by atomic mass is 10.0. The summed E-state index contributed by atoms with van der Waals surface area (Å²) in [5.74, 6) is 1.34. The minimum Gasteiger partial charge on any atom is -0.497 e. The number of amides is 2. The Bertz CT molecular complexity index is 754. The fourth-order valence-corrected chi connectivity index (χ4v) is 5.71. The minimum atomic E-state index is -1.18. The van der Waals surface area contributed by atoms with Crippen LogP contribution in [0.2, 0.25) is 0 Å². The first-order valence-electron chi connectivity index (χ1n) is 9.16. The summed E-state index contributed by atoms with van der Waals surface area (Å²) in [7, 11) is 0.402. The molecule has 1 aromatic carbocycles. The summed E-state index contributed by atoms with van der Waals surface area (Å²) >= 11 is 0. The Morgan fingerprint density at radius 1 is 1.31 bits per heavy atom. The molecule has 1 unspecified atom stereocenters. The maximum Gasteiger partial charge on any atom is 0.253 e. The molecule has 3 fully saturated rings. The predicted molar refractivity (Wildman–Crippen MR) is 98.3 cm³/mol. The van der Waals surface area contributed by atoms with Gasteiger partial charge in [0, 0.05) is 38.0 Å². The summed E-state index contributed by atoms with van der Waals surface area (Å²) in [5.41, 5.74) is 0.596. The Kier molecular flexibility index (Phi) is 4.50. The van der Waals surface area contributed by atoms with Gasteiger partial charge in [-0.3, -0.25) is 13.8 Å². The molecule has 140 valence electrons. The van der Waals surface area contributed by atoms with E-state index in [9.17, 15) is 13.8 Å². The third kappa shape index (κ3) is 3.02. The molecule has 6 nitrogen and oxygen atoms in total. The fraction of sp³-hybridized carbons (Fsp3) is 0.579. The molecule has 1 aromatic rings. The quantitative estimate of drug-likeness (QED) is 0.801. The first-order chi connectivity index (χ1) is 12.5. The summed E-state index contributed by atoms with van der Waals surface area (Å²) in [6, 6.07) is 7.14. The van der Waals surface area contributed by atoms with Gasteiger partial charge in [0.15, 0.2) is 0 Å². The van der Waals surface area contributed by atoms with Gasteiger partial charge in [-0.05, 0) is 37.0 Å². The summed E-state index contributed by atoms with van der Waals surface area (Å²) in [4.78, 5) is 28.3. The molecular formula is C19H24N2O4S. The van der Waals surface area contributed by atoms with Crippen LogP contribution in [0.15, 0.2) is 24.3 Å². The van der Waals surface area contributed by atoms with E-state index in [1.807, 2.05) is 11.0 Å². The van der Waals surface area contributed by atoms with Crippen molar-refractivity contribution in [3.8, 4) is 5.75 Å². The molecule has 1 saturated carbocycles. The smallest absolute Gasteiger partial charge is 0.253 e. The van der Waals surface area contributed by atoms with Gasteiger partial charge in [-0.15, -0.1) is 0 Å². The molecule has 2 aliphatic heterocycles. The van der Waals surface area contributed by atoms with Crippen LogP contribution in [0.25, 0.3) is 0 Å². The minimum absolute atomic E-state index is 0.0165. The van der Waals surface area contributed by atoms with Crippen molar-refractivity contribution >= 4 is 22.6 Å². The summed E-state index contributed by atoms with van der Waals surface area (Å²) in [5, 5.41) is 0. The van der Waals surface area contributed by atoms with Gasteiger partial charge in [0.25, 0.3) is 5.91 Å². The van der Waals surface area contributed by atoms with E-state index in [0.29, 0.717) is 43.2 Å². The average Bonchev–Trinajstić information content (AvgIpc) is 3.46. The molecule has 2 saturated heterocycles. The lowest BCUT2D eigenvalue weighted by Crippen LogP contribution is -2.56. The van der Waals surface area contributed by atoms with Crippen LogP contribution in [-0.2, 0) is 15.6 Å². The fourth-order valence-electron chi connectivity index (χ4n) is 4.00. The number of hydrogen-bond acceptors (Lipinski definition) is 4. The van der Waals surface area contributed by atoms with Crippen molar-refractivity contribution in [3.05, 3.63) is 29.8 Å². The summed E-state index contributed by atoms with van der Waals surface area (Å²) < 4.78 is 17.9. The van der Waals surface area contributed by atoms with Crippen LogP contribution >= 0.6 is 0 Å². The first-order valence-corrected chi connectivity index (χ1v) is 10.5. The SMILES string of the molecule is COc1cccc(C(=O)N2CCC3(CC2)N(CC2CC2)C(=O)CS3=O)c1. The van der Waals surface area contributed by atoms with Crippen molar-refractivity contribution in [2.45, 2.75) is 30.6 Å². The van der Waals surface area contributed by atoms with Crippen LogP contribution in [0.4, 0.5) is 0 Å². The second-order valence-electron chi connectivity index (χ2n) is 7.41. The highest BCUT2D eigenvalue weighted by atomic mass is 32.2. The van der Waals surface area contributed by atoms with Gasteiger partial charge in [0.2, 0.25) is 5.91 Å². The molecule has 1 aliphatic carbocycles. The number of likely N-dealkylation sites (tertiary alicyclic amines) is 1. The number of piperidine rings is 1. The molecule has 0 aromatic heterocycles. The number of hydrogen-bond donors (Lipinski definition) is 0. The zero-order chi connectivity index (χ0) is 18.3. The molecule has 1 atom stereocenters. The van der Waals surface area contributed by atoms with Crippen LogP contribution in [0.3, 0.4) is 0 Å². The maximum absolute atomic E-state index is 12.8. The number of rotatable bonds is 4. The van der Waals surface area contributed by atoms with Crippen molar-refractivity contribution in [1.82, 2.24) is 9.80 Å². The zero-order valence-electron chi connectivity index (χ0n) is 15.0. The average molecular weight is 376 g/mol. The van der Waals surface area contributed by atoms with Gasteiger partial charge in [-0.2, -0.15) is 0 Å². The summed E-state index contributed by atoms with van der Waals surface area (Å²) in [6.45, 7) is 1.78. The molecule has 0 radical (unpaired) electrons. The number of ether oxygens (including phenoxy) is 1. The first kappa shape index (κ1) is 17.5. The van der Waals surface area contributed by atoms with E-state index in [0.717, 1.165) is 19.4 Å². The van der Waals surface area contributed by atoms with Crippen LogP contribution < -0.4 is 4.74 Å². The Labute approximate surface area is 155 Å². The Balaban J connectivity index is 1.48. The Morgan fingerprint density at radius 2 is 2.04 bits per heavy atom. The number of benzene rings is 1. The van der Waals surface area contributed by atoms with Crippen LogP contribution in [-0.4, -0.2) is 63.2 Å². The van der Waals surface area contributed by atoms with E-state index in [-0.39, 0.29) is 17.6 Å². The summed E-state index contributed by atoms with van der Waals surface area (Å²) in [6.07, 6.45) is 3.50. The normalized spacial score (nSPS) is 25.0. The van der Waals surface area contributed by atoms with Gasteiger partial charge in [0.05, 0.1) is 17.9 Å². The molecule has 7 heteroatoms. The number of carbonyl (C=O) groups excluding carboxylic acids is 2. The number of methoxy groups -OCH3 is 1. The predicted octanol–water partition coefficient (Wildman–Crippen LogP) is 1.63. The van der Waals surface area contributed by atoms with Crippen LogP contribution in [0, 0.1) is 5.92 Å². The van der Waals surface area contributed by atoms with E-state index in [2.05, 4.69) is 0 Å². The molecule has 1 spiro atoms. The van der Waals surface area contributed by atoms with E-state index in [1.54, 1.807) is 30.2 Å². The van der Waals surface area contributed by atoms with Crippen LogP contribution in [0.1, 0.15) is 36.0 Å². The van der Waals surface area contributed by atoms with Crippen molar-refractivity contribution in [2.24, 2.45) is 5.92 Å². The van der Waals surface area contributed by atoms with Crippen molar-refractivity contribution in [1.29, 1.82) is 0 Å². The molecular weight excluding hydrogens is 352 g/mol. The number of carbonyl (C=O) groups is 2. The molecule has 2 amide bonds. The second kappa shape index (κ2) is 6.68. The molecule has 4 rings (SSSR count). The topological polar surface area (TPSA) is 66.9 Å². The van der Waals surface area contributed by atoms with Crippen LogP contribution in [0.5, 0.6) is 5.75 Å². The van der Waals surface area contributed by atoms with Crippen molar-refractivity contribution in [3.63, 3.8) is 0 Å². The monoisotopic (exact) mass is 376 g/mol. The number of nitrogens with zero attached hydrogens (tertiary/aromatic N) is 2. The molecule has 26 heavy (non-hydrogen) atoms. The second-order valence-corrected chi connectivity index (χ2v) is 9.15. The Hall–Kier alpha value is -1.89. The molecule has 2 heterocycles. The van der Waals surface area contributed by atoms with Crippen molar-refractivity contribution in [2.75, 3.05) is 32.5 Å². The molecule has 0 N–H and O–H groups in total. The highest BCUT2D eigenvalue weighted by Gasteiger charge is 2.54. The van der Waals surface area contributed by atoms with E-state index < -0.39 is 15.7 Å². The van der Waals surface area contributed by atoms with Crippen molar-refractivity contribution < 1.29 is 18.5 Å². The highest BCUT2D eigenvalue weighted by Crippen LogP contribution is 2.41. The molecule has 0 bridgehead atoms. The van der Waals surface area contributed by atoms with Gasteiger partial charge in [-0.1, -0.05) is 6.07 Å². The lowest BCUT2D eigenvalue weighted by molar-refractivity contribution is -0.131. The van der Waals surface area contributed by atoms with E-state index in [1.165, 1.54) is 0 Å². The highest BCUT2D eigenvalue weighted by molar-refractivity contribution is 7.87. The lowest BCUT2D eigenvalue weighted by Gasteiger charge is -2.43. The third-order valence-electron chi connectivity index (χ3n) is 5.76. The maximum atomic E-state index is 12.8.